The number of nitrogens with one attached hydrogen (secondary N) is 1. The highest BCUT2D eigenvalue weighted by molar-refractivity contribution is 9.10. The van der Waals surface area contributed by atoms with Crippen LogP contribution in [0.4, 0.5) is 8.78 Å². The molecule has 0 aliphatic carbocycles. The summed E-state index contributed by atoms with van der Waals surface area (Å²) in [6.07, 6.45) is 0.750. The molecule has 0 aromatic heterocycles. The topological polar surface area (TPSA) is 38.0 Å². The van der Waals surface area contributed by atoms with Crippen molar-refractivity contribution < 1.29 is 8.78 Å². The molecule has 0 spiro atoms. The highest BCUT2D eigenvalue weighted by atomic mass is 79.9. The van der Waals surface area contributed by atoms with E-state index in [9.17, 15) is 8.78 Å². The number of nitrogens with two attached hydrogens (primary N) is 1. The van der Waals surface area contributed by atoms with Crippen LogP contribution in [0.15, 0.2) is 16.6 Å². The minimum atomic E-state index is -0.874. The van der Waals surface area contributed by atoms with Crippen LogP contribution in [0.25, 0.3) is 0 Å². The Hall–Kier alpha value is -0.520. The second-order valence-corrected chi connectivity index (χ2v) is 4.91. The van der Waals surface area contributed by atoms with Gasteiger partial charge in [-0.2, -0.15) is 0 Å². The van der Waals surface area contributed by atoms with Crippen LogP contribution in [-0.4, -0.2) is 0 Å². The summed E-state index contributed by atoms with van der Waals surface area (Å²) in [7, 11) is 0. The fraction of sp³-hybridized carbons (Fsp3) is 0.455. The zero-order valence-electron chi connectivity index (χ0n) is 9.23. The van der Waals surface area contributed by atoms with Gasteiger partial charge in [-0.15, -0.1) is 0 Å². The van der Waals surface area contributed by atoms with E-state index in [-0.39, 0.29) is 10.5 Å². The highest BCUT2D eigenvalue weighted by Gasteiger charge is 2.18. The molecular formula is C11H15BrF2N2. The van der Waals surface area contributed by atoms with Gasteiger partial charge in [0, 0.05) is 6.04 Å². The Bertz CT molecular complexity index is 369. The van der Waals surface area contributed by atoms with Crippen LogP contribution in [0, 0.1) is 17.6 Å². The van der Waals surface area contributed by atoms with Crippen LogP contribution in [0.2, 0.25) is 0 Å². The SMILES string of the molecule is CC(C)CC(NN)c1ccc(F)c(F)c1Br. The maximum absolute atomic E-state index is 13.3. The van der Waals surface area contributed by atoms with Crippen molar-refractivity contribution >= 4 is 15.9 Å². The van der Waals surface area contributed by atoms with Gasteiger partial charge in [0.05, 0.1) is 4.47 Å². The zero-order valence-corrected chi connectivity index (χ0v) is 10.8. The van der Waals surface area contributed by atoms with Gasteiger partial charge in [0.2, 0.25) is 0 Å². The number of rotatable bonds is 4. The monoisotopic (exact) mass is 292 g/mol. The third-order valence-electron chi connectivity index (χ3n) is 2.35. The van der Waals surface area contributed by atoms with Gasteiger partial charge in [0.1, 0.15) is 0 Å². The Morgan fingerprint density at radius 2 is 2.00 bits per heavy atom. The lowest BCUT2D eigenvalue weighted by molar-refractivity contribution is 0.430. The molecular weight excluding hydrogens is 278 g/mol. The van der Waals surface area contributed by atoms with Gasteiger partial charge >= 0.3 is 0 Å². The summed E-state index contributed by atoms with van der Waals surface area (Å²) < 4.78 is 26.4. The van der Waals surface area contributed by atoms with Crippen molar-refractivity contribution in [3.05, 3.63) is 33.8 Å². The van der Waals surface area contributed by atoms with Crippen LogP contribution in [0.3, 0.4) is 0 Å². The van der Waals surface area contributed by atoms with Crippen molar-refractivity contribution in [1.82, 2.24) is 5.43 Å². The van der Waals surface area contributed by atoms with E-state index in [0.717, 1.165) is 12.5 Å². The Morgan fingerprint density at radius 1 is 1.38 bits per heavy atom. The molecule has 0 amide bonds. The first-order valence-corrected chi connectivity index (χ1v) is 5.86. The van der Waals surface area contributed by atoms with Gasteiger partial charge in [0.25, 0.3) is 0 Å². The zero-order chi connectivity index (χ0) is 12.3. The van der Waals surface area contributed by atoms with E-state index in [1.165, 1.54) is 6.07 Å². The largest absolute Gasteiger partial charge is 0.271 e. The average Bonchev–Trinajstić information content (AvgIpc) is 2.23. The van der Waals surface area contributed by atoms with Gasteiger partial charge in [0.15, 0.2) is 11.6 Å². The molecule has 16 heavy (non-hydrogen) atoms. The molecule has 0 fully saturated rings. The van der Waals surface area contributed by atoms with Gasteiger partial charge in [-0.25, -0.2) is 8.78 Å². The van der Waals surface area contributed by atoms with Crippen molar-refractivity contribution in [2.45, 2.75) is 26.3 Å². The lowest BCUT2D eigenvalue weighted by Gasteiger charge is -2.20. The molecule has 1 atom stereocenters. The van der Waals surface area contributed by atoms with E-state index < -0.39 is 11.6 Å². The van der Waals surface area contributed by atoms with Gasteiger partial charge in [-0.1, -0.05) is 19.9 Å². The Labute approximate surface area is 102 Å². The third kappa shape index (κ3) is 2.99. The van der Waals surface area contributed by atoms with Gasteiger partial charge < -0.3 is 0 Å². The summed E-state index contributed by atoms with van der Waals surface area (Å²) in [5.74, 6) is 4.09. The van der Waals surface area contributed by atoms with Crippen molar-refractivity contribution in [3.8, 4) is 0 Å². The lowest BCUT2D eigenvalue weighted by Crippen LogP contribution is -2.29. The second kappa shape index (κ2) is 5.70. The van der Waals surface area contributed by atoms with Crippen molar-refractivity contribution in [2.75, 3.05) is 0 Å². The molecule has 3 N–H and O–H groups in total. The highest BCUT2D eigenvalue weighted by Crippen LogP contribution is 2.30. The summed E-state index contributed by atoms with van der Waals surface area (Å²) in [6.45, 7) is 4.08. The van der Waals surface area contributed by atoms with E-state index in [2.05, 4.69) is 21.4 Å². The maximum atomic E-state index is 13.3. The lowest BCUT2D eigenvalue weighted by atomic mass is 9.97. The molecule has 0 aliphatic rings. The average molecular weight is 293 g/mol. The van der Waals surface area contributed by atoms with Crippen LogP contribution < -0.4 is 11.3 Å². The van der Waals surface area contributed by atoms with Crippen LogP contribution in [-0.2, 0) is 0 Å². The molecule has 1 aromatic carbocycles. The molecule has 5 heteroatoms. The summed E-state index contributed by atoms with van der Waals surface area (Å²) in [5, 5.41) is 0. The Kier molecular flexibility index (Phi) is 4.83. The molecule has 0 radical (unpaired) electrons. The molecule has 0 saturated heterocycles. The fourth-order valence-electron chi connectivity index (χ4n) is 1.57. The van der Waals surface area contributed by atoms with Crippen molar-refractivity contribution in [1.29, 1.82) is 0 Å². The summed E-state index contributed by atoms with van der Waals surface area (Å²) >= 11 is 3.05. The molecule has 0 saturated carbocycles. The summed E-state index contributed by atoms with van der Waals surface area (Å²) in [5.41, 5.74) is 3.25. The predicted octanol–water partition coefficient (Wildman–Crippen LogP) is 3.28. The predicted molar refractivity (Wildman–Crippen MR) is 63.6 cm³/mol. The first-order valence-electron chi connectivity index (χ1n) is 5.06. The number of benzene rings is 1. The minimum Gasteiger partial charge on any atom is -0.271 e. The second-order valence-electron chi connectivity index (χ2n) is 4.11. The molecule has 2 nitrogen and oxygen atoms in total. The fourth-order valence-corrected chi connectivity index (χ4v) is 2.16. The number of hydrogen-bond donors (Lipinski definition) is 2. The summed E-state index contributed by atoms with van der Waals surface area (Å²) in [6, 6.07) is 2.46. The van der Waals surface area contributed by atoms with Crippen molar-refractivity contribution in [3.63, 3.8) is 0 Å². The van der Waals surface area contributed by atoms with Crippen LogP contribution in [0.1, 0.15) is 31.9 Å². The standard InChI is InChI=1S/C11H15BrF2N2/c1-6(2)5-9(16-15)7-3-4-8(13)11(14)10(7)12/h3-4,6,9,16H,5,15H2,1-2H3. The molecule has 1 unspecified atom stereocenters. The first-order chi connectivity index (χ1) is 7.47. The van der Waals surface area contributed by atoms with E-state index in [1.807, 2.05) is 13.8 Å². The first kappa shape index (κ1) is 13.5. The van der Waals surface area contributed by atoms with Crippen molar-refractivity contribution in [2.24, 2.45) is 11.8 Å². The quantitative estimate of drug-likeness (QED) is 0.508. The molecule has 0 aliphatic heterocycles. The van der Waals surface area contributed by atoms with Crippen LogP contribution >= 0.6 is 15.9 Å². The Morgan fingerprint density at radius 3 is 2.50 bits per heavy atom. The van der Waals surface area contributed by atoms with Gasteiger partial charge in [-0.3, -0.25) is 11.3 Å². The molecule has 0 heterocycles. The molecule has 1 rings (SSSR count). The van der Waals surface area contributed by atoms with E-state index in [1.54, 1.807) is 0 Å². The van der Waals surface area contributed by atoms with Crippen LogP contribution in [0.5, 0.6) is 0 Å². The van der Waals surface area contributed by atoms with E-state index >= 15 is 0 Å². The minimum absolute atomic E-state index is 0.135. The molecule has 1 aromatic rings. The van der Waals surface area contributed by atoms with E-state index in [0.29, 0.717) is 11.5 Å². The number of hydrazine groups is 1. The number of halogens is 3. The Balaban J connectivity index is 3.06. The molecule has 0 bridgehead atoms. The van der Waals surface area contributed by atoms with Gasteiger partial charge in [-0.05, 0) is 39.9 Å². The van der Waals surface area contributed by atoms with E-state index in [4.69, 9.17) is 5.84 Å². The maximum Gasteiger partial charge on any atom is 0.173 e. The molecule has 90 valence electrons. The normalized spacial score (nSPS) is 13.2. The smallest absolute Gasteiger partial charge is 0.173 e. The number of hydrogen-bond acceptors (Lipinski definition) is 2. The third-order valence-corrected chi connectivity index (χ3v) is 3.15. The summed E-state index contributed by atoms with van der Waals surface area (Å²) in [4.78, 5) is 0.